The highest BCUT2D eigenvalue weighted by Gasteiger charge is 2.12. The van der Waals surface area contributed by atoms with Crippen LogP contribution in [0.3, 0.4) is 0 Å². The third-order valence-electron chi connectivity index (χ3n) is 2.26. The first kappa shape index (κ1) is 7.55. The number of oxazole rings is 1. The second-order valence-corrected chi connectivity index (χ2v) is 3.21. The van der Waals surface area contributed by atoms with E-state index in [1.807, 2.05) is 6.07 Å². The van der Waals surface area contributed by atoms with Crippen molar-refractivity contribution in [2.45, 2.75) is 6.92 Å². The molecule has 14 heavy (non-hydrogen) atoms. The van der Waals surface area contributed by atoms with Crippen LogP contribution in [-0.2, 0) is 0 Å². The molecule has 3 aromatic rings. The number of nitrogens with zero attached hydrogens (tertiary/aromatic N) is 1. The summed E-state index contributed by atoms with van der Waals surface area (Å²) in [5.41, 5.74) is 1.55. The van der Waals surface area contributed by atoms with Crippen LogP contribution in [0.2, 0.25) is 0 Å². The minimum atomic E-state index is -0.379. The molecule has 0 spiro atoms. The van der Waals surface area contributed by atoms with Crippen LogP contribution in [0.25, 0.3) is 22.0 Å². The van der Waals surface area contributed by atoms with Crippen molar-refractivity contribution in [3.05, 3.63) is 30.0 Å². The molecule has 0 atom stereocenters. The van der Waals surface area contributed by atoms with Crippen LogP contribution >= 0.6 is 0 Å². The van der Waals surface area contributed by atoms with Crippen LogP contribution in [0.15, 0.2) is 22.7 Å². The Bertz CT molecular complexity index is 623. The van der Waals surface area contributed by atoms with Crippen LogP contribution < -0.4 is 0 Å². The summed E-state index contributed by atoms with van der Waals surface area (Å²) in [5, 5.41) is 0.887. The second kappa shape index (κ2) is 2.35. The number of aromatic amines is 1. The predicted molar refractivity (Wildman–Crippen MR) is 50.6 cm³/mol. The van der Waals surface area contributed by atoms with Crippen molar-refractivity contribution in [1.29, 1.82) is 0 Å². The topological polar surface area (TPSA) is 41.8 Å². The maximum Gasteiger partial charge on any atom is 0.192 e. The predicted octanol–water partition coefficient (Wildman–Crippen LogP) is 2.76. The summed E-state index contributed by atoms with van der Waals surface area (Å²) in [6.07, 6.45) is 1.76. The van der Waals surface area contributed by atoms with Gasteiger partial charge in [0.1, 0.15) is 5.52 Å². The maximum atomic E-state index is 13.5. The molecule has 0 bridgehead atoms. The Morgan fingerprint density at radius 2 is 2.36 bits per heavy atom. The fourth-order valence-corrected chi connectivity index (χ4v) is 1.67. The normalized spacial score (nSPS) is 11.6. The molecule has 2 heterocycles. The highest BCUT2D eigenvalue weighted by atomic mass is 19.1. The van der Waals surface area contributed by atoms with Gasteiger partial charge >= 0.3 is 0 Å². The Morgan fingerprint density at radius 3 is 3.21 bits per heavy atom. The van der Waals surface area contributed by atoms with Gasteiger partial charge in [0.15, 0.2) is 17.3 Å². The molecule has 0 radical (unpaired) electrons. The van der Waals surface area contributed by atoms with Crippen molar-refractivity contribution >= 4 is 22.0 Å². The average Bonchev–Trinajstić information content (AvgIpc) is 2.69. The molecule has 1 aromatic carbocycles. The summed E-state index contributed by atoms with van der Waals surface area (Å²) >= 11 is 0. The molecule has 0 fully saturated rings. The summed E-state index contributed by atoms with van der Waals surface area (Å²) < 4.78 is 18.6. The minimum absolute atomic E-state index is 0.231. The molecule has 2 aromatic heterocycles. The molecular weight excluding hydrogens is 183 g/mol. The summed E-state index contributed by atoms with van der Waals surface area (Å²) in [6.45, 7) is 1.71. The maximum absolute atomic E-state index is 13.5. The van der Waals surface area contributed by atoms with Crippen molar-refractivity contribution in [2.24, 2.45) is 0 Å². The van der Waals surface area contributed by atoms with Crippen molar-refractivity contribution in [3.8, 4) is 0 Å². The Kier molecular flexibility index (Phi) is 1.27. The van der Waals surface area contributed by atoms with Crippen molar-refractivity contribution in [1.82, 2.24) is 9.97 Å². The Hall–Kier alpha value is -1.84. The van der Waals surface area contributed by atoms with Gasteiger partial charge in [-0.2, -0.15) is 0 Å². The first-order chi connectivity index (χ1) is 6.75. The van der Waals surface area contributed by atoms with E-state index in [1.165, 1.54) is 6.07 Å². The Labute approximate surface area is 78.5 Å². The van der Waals surface area contributed by atoms with E-state index in [0.29, 0.717) is 11.4 Å². The van der Waals surface area contributed by atoms with Gasteiger partial charge in [-0.3, -0.25) is 0 Å². The molecule has 3 nitrogen and oxygen atoms in total. The van der Waals surface area contributed by atoms with Gasteiger partial charge in [0.2, 0.25) is 0 Å². The third-order valence-corrected chi connectivity index (χ3v) is 2.26. The number of halogens is 1. The van der Waals surface area contributed by atoms with Gasteiger partial charge in [-0.05, 0) is 6.07 Å². The summed E-state index contributed by atoms with van der Waals surface area (Å²) in [6, 6.07) is 3.28. The number of aryl methyl sites for hydroxylation is 1. The summed E-state index contributed by atoms with van der Waals surface area (Å²) in [4.78, 5) is 7.09. The molecule has 0 aliphatic rings. The van der Waals surface area contributed by atoms with Gasteiger partial charge in [0.05, 0.1) is 5.52 Å². The Balaban J connectivity index is 2.65. The number of benzene rings is 1. The molecule has 3 rings (SSSR count). The minimum Gasteiger partial charge on any atom is -0.438 e. The van der Waals surface area contributed by atoms with Crippen molar-refractivity contribution < 1.29 is 8.81 Å². The van der Waals surface area contributed by atoms with Crippen LogP contribution in [-0.4, -0.2) is 9.97 Å². The van der Waals surface area contributed by atoms with Crippen molar-refractivity contribution in [2.75, 3.05) is 0 Å². The van der Waals surface area contributed by atoms with E-state index in [9.17, 15) is 4.39 Å². The molecule has 1 N–H and O–H groups in total. The van der Waals surface area contributed by atoms with Crippen LogP contribution in [0, 0.1) is 12.7 Å². The molecule has 0 aliphatic carbocycles. The lowest BCUT2D eigenvalue weighted by Crippen LogP contribution is -1.77. The first-order valence-corrected chi connectivity index (χ1v) is 4.28. The average molecular weight is 190 g/mol. The lowest BCUT2D eigenvalue weighted by molar-refractivity contribution is 0.528. The van der Waals surface area contributed by atoms with Crippen LogP contribution in [0.1, 0.15) is 5.89 Å². The first-order valence-electron chi connectivity index (χ1n) is 4.28. The quantitative estimate of drug-likeness (QED) is 0.592. The van der Waals surface area contributed by atoms with E-state index in [0.717, 1.165) is 10.9 Å². The molecule has 0 unspecified atom stereocenters. The van der Waals surface area contributed by atoms with E-state index in [4.69, 9.17) is 4.42 Å². The molecular formula is C10H7FN2O. The largest absolute Gasteiger partial charge is 0.438 e. The van der Waals surface area contributed by atoms with Crippen molar-refractivity contribution in [3.63, 3.8) is 0 Å². The SMILES string of the molecule is Cc1nc2c(o1)c(F)cc1[nH]ccc12. The zero-order valence-corrected chi connectivity index (χ0v) is 7.47. The van der Waals surface area contributed by atoms with Gasteiger partial charge < -0.3 is 9.40 Å². The smallest absolute Gasteiger partial charge is 0.192 e. The van der Waals surface area contributed by atoms with Gasteiger partial charge in [-0.15, -0.1) is 0 Å². The highest BCUT2D eigenvalue weighted by molar-refractivity contribution is 6.02. The summed E-state index contributed by atoms with van der Waals surface area (Å²) in [5.74, 6) is 0.100. The second-order valence-electron chi connectivity index (χ2n) is 3.21. The molecule has 4 heteroatoms. The number of H-pyrrole nitrogens is 1. The van der Waals surface area contributed by atoms with Crippen LogP contribution in [0.4, 0.5) is 4.39 Å². The van der Waals surface area contributed by atoms with Crippen LogP contribution in [0.5, 0.6) is 0 Å². The molecule has 0 saturated heterocycles. The van der Waals surface area contributed by atoms with Gasteiger partial charge in [0, 0.05) is 24.6 Å². The lowest BCUT2D eigenvalue weighted by Gasteiger charge is -1.91. The standard InChI is InChI=1S/C10H7FN2O/c1-5-13-9-6-2-3-12-8(6)4-7(11)10(9)14-5/h2-4,12H,1H3. The highest BCUT2D eigenvalue weighted by Crippen LogP contribution is 2.27. The van der Waals surface area contributed by atoms with E-state index in [1.54, 1.807) is 13.1 Å². The number of fused-ring (bicyclic) bond motifs is 3. The fourth-order valence-electron chi connectivity index (χ4n) is 1.67. The molecule has 0 amide bonds. The molecule has 70 valence electrons. The molecule has 0 aliphatic heterocycles. The number of hydrogen-bond acceptors (Lipinski definition) is 2. The number of aromatic nitrogens is 2. The Morgan fingerprint density at radius 1 is 1.50 bits per heavy atom. The third kappa shape index (κ3) is 0.824. The van der Waals surface area contributed by atoms with E-state index < -0.39 is 0 Å². The van der Waals surface area contributed by atoms with Gasteiger partial charge in [-0.25, -0.2) is 9.37 Å². The monoisotopic (exact) mass is 190 g/mol. The fraction of sp³-hybridized carbons (Fsp3) is 0.100. The zero-order chi connectivity index (χ0) is 9.71. The van der Waals surface area contributed by atoms with Gasteiger partial charge in [-0.1, -0.05) is 0 Å². The van der Waals surface area contributed by atoms with E-state index >= 15 is 0 Å². The molecule has 0 saturated carbocycles. The van der Waals surface area contributed by atoms with Gasteiger partial charge in [0.25, 0.3) is 0 Å². The van der Waals surface area contributed by atoms with E-state index in [-0.39, 0.29) is 11.4 Å². The zero-order valence-electron chi connectivity index (χ0n) is 7.47. The number of hydrogen-bond donors (Lipinski definition) is 1. The lowest BCUT2D eigenvalue weighted by atomic mass is 10.2. The number of rotatable bonds is 0. The number of nitrogens with one attached hydrogen (secondary N) is 1. The van der Waals surface area contributed by atoms with E-state index in [2.05, 4.69) is 9.97 Å². The summed E-state index contributed by atoms with van der Waals surface area (Å²) in [7, 11) is 0.